The average Bonchev–Trinajstić information content (AvgIpc) is 2.19. The van der Waals surface area contributed by atoms with Crippen LogP contribution in [0.25, 0.3) is 0 Å². The number of hydrogen-bond donors (Lipinski definition) is 1. The van der Waals surface area contributed by atoms with E-state index >= 15 is 0 Å². The molecule has 0 aliphatic carbocycles. The van der Waals surface area contributed by atoms with E-state index in [0.29, 0.717) is 0 Å². The minimum Gasteiger partial charge on any atom is -0.387 e. The summed E-state index contributed by atoms with van der Waals surface area (Å²) < 4.78 is 0. The van der Waals surface area contributed by atoms with Crippen LogP contribution in [0.1, 0.15) is 31.7 Å². The van der Waals surface area contributed by atoms with Crippen molar-refractivity contribution in [1.29, 1.82) is 0 Å². The predicted molar refractivity (Wildman–Crippen MR) is 59.3 cm³/mol. The van der Waals surface area contributed by atoms with E-state index in [0.717, 1.165) is 25.1 Å². The van der Waals surface area contributed by atoms with Crippen molar-refractivity contribution in [3.8, 4) is 0 Å². The van der Waals surface area contributed by atoms with Gasteiger partial charge in [-0.25, -0.2) is 0 Å². The van der Waals surface area contributed by atoms with Crippen LogP contribution in [0.15, 0.2) is 35.3 Å². The Hall–Kier alpha value is -1.31. The minimum absolute atomic E-state index is 0.0937. The van der Waals surface area contributed by atoms with Gasteiger partial charge in [0.1, 0.15) is 0 Å². The minimum atomic E-state index is -0.0937. The Kier molecular flexibility index (Phi) is 2.28. The molecule has 0 fully saturated rings. The SMILES string of the molecule is CC1(c2ccccc2)CCCC(N)=N1. The molecular formula is C12H16N2. The Morgan fingerprint density at radius 1 is 1.29 bits per heavy atom. The summed E-state index contributed by atoms with van der Waals surface area (Å²) in [5, 5.41) is 0. The lowest BCUT2D eigenvalue weighted by Gasteiger charge is -2.30. The third-order valence-electron chi connectivity index (χ3n) is 2.88. The highest BCUT2D eigenvalue weighted by atomic mass is 14.9. The summed E-state index contributed by atoms with van der Waals surface area (Å²) in [6.45, 7) is 2.16. The van der Waals surface area contributed by atoms with Gasteiger partial charge in [0.25, 0.3) is 0 Å². The maximum atomic E-state index is 5.80. The van der Waals surface area contributed by atoms with E-state index in [2.05, 4.69) is 36.2 Å². The van der Waals surface area contributed by atoms with E-state index in [1.54, 1.807) is 0 Å². The molecule has 2 heteroatoms. The second-order valence-corrected chi connectivity index (χ2v) is 4.10. The topological polar surface area (TPSA) is 38.4 Å². The standard InChI is InChI=1S/C12H16N2/c1-12(9-5-8-11(13)14-12)10-6-3-2-4-7-10/h2-4,6-7H,5,8-9H2,1H3,(H2,13,14). The van der Waals surface area contributed by atoms with Gasteiger partial charge in [0.05, 0.1) is 11.4 Å². The molecule has 14 heavy (non-hydrogen) atoms. The summed E-state index contributed by atoms with van der Waals surface area (Å²) in [4.78, 5) is 4.58. The summed E-state index contributed by atoms with van der Waals surface area (Å²) >= 11 is 0. The highest BCUT2D eigenvalue weighted by molar-refractivity contribution is 5.81. The van der Waals surface area contributed by atoms with Gasteiger partial charge < -0.3 is 5.73 Å². The fraction of sp³-hybridized carbons (Fsp3) is 0.417. The van der Waals surface area contributed by atoms with Gasteiger partial charge in [0.2, 0.25) is 0 Å². The van der Waals surface area contributed by atoms with Crippen molar-refractivity contribution >= 4 is 5.84 Å². The zero-order chi connectivity index (χ0) is 10.0. The smallest absolute Gasteiger partial charge is 0.0948 e. The third kappa shape index (κ3) is 1.65. The summed E-state index contributed by atoms with van der Waals surface area (Å²) in [5.74, 6) is 0.794. The normalized spacial score (nSPS) is 27.1. The monoisotopic (exact) mass is 188 g/mol. The second kappa shape index (κ2) is 3.45. The third-order valence-corrected chi connectivity index (χ3v) is 2.88. The molecule has 1 aliphatic heterocycles. The molecule has 0 saturated heterocycles. The van der Waals surface area contributed by atoms with E-state index in [1.807, 2.05) is 6.07 Å². The van der Waals surface area contributed by atoms with E-state index in [4.69, 9.17) is 5.73 Å². The molecule has 1 heterocycles. The van der Waals surface area contributed by atoms with Crippen LogP contribution in [-0.2, 0) is 5.54 Å². The highest BCUT2D eigenvalue weighted by Crippen LogP contribution is 2.33. The van der Waals surface area contributed by atoms with Gasteiger partial charge in [0.15, 0.2) is 0 Å². The van der Waals surface area contributed by atoms with Crippen molar-refractivity contribution in [2.24, 2.45) is 10.7 Å². The average molecular weight is 188 g/mol. The fourth-order valence-electron chi connectivity index (χ4n) is 2.05. The van der Waals surface area contributed by atoms with E-state index in [-0.39, 0.29) is 5.54 Å². The number of nitrogens with zero attached hydrogens (tertiary/aromatic N) is 1. The summed E-state index contributed by atoms with van der Waals surface area (Å²) in [6.07, 6.45) is 3.18. The second-order valence-electron chi connectivity index (χ2n) is 4.10. The van der Waals surface area contributed by atoms with Gasteiger partial charge in [0, 0.05) is 6.42 Å². The quantitative estimate of drug-likeness (QED) is 0.722. The molecule has 0 bridgehead atoms. The van der Waals surface area contributed by atoms with Crippen molar-refractivity contribution in [2.45, 2.75) is 31.7 Å². The van der Waals surface area contributed by atoms with Crippen LogP contribution >= 0.6 is 0 Å². The molecule has 1 aromatic carbocycles. The van der Waals surface area contributed by atoms with Crippen molar-refractivity contribution in [1.82, 2.24) is 0 Å². The van der Waals surface area contributed by atoms with Crippen LogP contribution in [0, 0.1) is 0 Å². The summed E-state index contributed by atoms with van der Waals surface area (Å²) in [6, 6.07) is 10.4. The van der Waals surface area contributed by atoms with Gasteiger partial charge in [-0.15, -0.1) is 0 Å². The van der Waals surface area contributed by atoms with Gasteiger partial charge in [-0.2, -0.15) is 0 Å². The van der Waals surface area contributed by atoms with Crippen LogP contribution in [0.2, 0.25) is 0 Å². The molecule has 0 radical (unpaired) electrons. The molecule has 0 saturated carbocycles. The Balaban J connectivity index is 2.37. The van der Waals surface area contributed by atoms with E-state index in [9.17, 15) is 0 Å². The number of nitrogens with two attached hydrogens (primary N) is 1. The van der Waals surface area contributed by atoms with Crippen LogP contribution in [-0.4, -0.2) is 5.84 Å². The molecule has 1 aliphatic rings. The Bertz CT molecular complexity index is 343. The van der Waals surface area contributed by atoms with E-state index < -0.39 is 0 Å². The predicted octanol–water partition coefficient (Wildman–Crippen LogP) is 2.44. The van der Waals surface area contributed by atoms with Crippen molar-refractivity contribution in [2.75, 3.05) is 0 Å². The molecule has 2 N–H and O–H groups in total. The summed E-state index contributed by atoms with van der Waals surface area (Å²) in [5.41, 5.74) is 6.97. The fourth-order valence-corrected chi connectivity index (χ4v) is 2.05. The van der Waals surface area contributed by atoms with E-state index in [1.165, 1.54) is 5.56 Å². The largest absolute Gasteiger partial charge is 0.387 e. The zero-order valence-corrected chi connectivity index (χ0v) is 8.53. The van der Waals surface area contributed by atoms with Crippen molar-refractivity contribution in [3.63, 3.8) is 0 Å². The molecule has 1 atom stereocenters. The molecule has 0 aromatic heterocycles. The maximum absolute atomic E-state index is 5.80. The Morgan fingerprint density at radius 3 is 2.64 bits per heavy atom. The molecule has 74 valence electrons. The summed E-state index contributed by atoms with van der Waals surface area (Å²) in [7, 11) is 0. The number of hydrogen-bond acceptors (Lipinski definition) is 2. The molecule has 1 unspecified atom stereocenters. The Labute approximate surface area is 84.9 Å². The first-order valence-electron chi connectivity index (χ1n) is 5.10. The molecule has 0 amide bonds. The first-order valence-corrected chi connectivity index (χ1v) is 5.10. The van der Waals surface area contributed by atoms with Crippen LogP contribution in [0.4, 0.5) is 0 Å². The number of rotatable bonds is 1. The zero-order valence-electron chi connectivity index (χ0n) is 8.53. The molecule has 2 nitrogen and oxygen atoms in total. The lowest BCUT2D eigenvalue weighted by Crippen LogP contribution is -2.29. The number of aliphatic imine (C=N–C) groups is 1. The molecule has 1 aromatic rings. The number of amidine groups is 1. The molecule has 0 spiro atoms. The molecule has 2 rings (SSSR count). The first-order chi connectivity index (χ1) is 6.71. The Morgan fingerprint density at radius 2 is 2.00 bits per heavy atom. The highest BCUT2D eigenvalue weighted by Gasteiger charge is 2.28. The van der Waals surface area contributed by atoms with Gasteiger partial charge >= 0.3 is 0 Å². The molecular weight excluding hydrogens is 172 g/mol. The lowest BCUT2D eigenvalue weighted by atomic mass is 9.85. The van der Waals surface area contributed by atoms with Crippen molar-refractivity contribution < 1.29 is 0 Å². The van der Waals surface area contributed by atoms with Gasteiger partial charge in [-0.05, 0) is 25.3 Å². The van der Waals surface area contributed by atoms with Crippen LogP contribution < -0.4 is 5.73 Å². The number of benzene rings is 1. The lowest BCUT2D eigenvalue weighted by molar-refractivity contribution is 0.424. The van der Waals surface area contributed by atoms with Gasteiger partial charge in [-0.3, -0.25) is 4.99 Å². The van der Waals surface area contributed by atoms with Crippen molar-refractivity contribution in [3.05, 3.63) is 35.9 Å². The first kappa shape index (κ1) is 9.25. The van der Waals surface area contributed by atoms with Crippen LogP contribution in [0.5, 0.6) is 0 Å². The maximum Gasteiger partial charge on any atom is 0.0948 e. The van der Waals surface area contributed by atoms with Crippen LogP contribution in [0.3, 0.4) is 0 Å². The van der Waals surface area contributed by atoms with Gasteiger partial charge in [-0.1, -0.05) is 30.3 Å².